The summed E-state index contributed by atoms with van der Waals surface area (Å²) in [5, 5.41) is 9.50. The fourth-order valence-electron chi connectivity index (χ4n) is 3.41. The highest BCUT2D eigenvalue weighted by molar-refractivity contribution is 4.78. The van der Waals surface area contributed by atoms with Crippen LogP contribution >= 0.6 is 0 Å². The quantitative estimate of drug-likeness (QED) is 0.798. The lowest BCUT2D eigenvalue weighted by molar-refractivity contribution is 0.0858. The van der Waals surface area contributed by atoms with Gasteiger partial charge in [-0.3, -0.25) is 0 Å². The molecule has 0 amide bonds. The molecular weight excluding hydrogens is 198 g/mol. The van der Waals surface area contributed by atoms with Gasteiger partial charge in [0.1, 0.15) is 0 Å². The highest BCUT2D eigenvalue weighted by atomic mass is 16.3. The van der Waals surface area contributed by atoms with E-state index in [1.807, 2.05) is 0 Å². The number of rotatable bonds is 3. The molecule has 0 aromatic rings. The molecule has 2 nitrogen and oxygen atoms in total. The molecule has 2 saturated carbocycles. The van der Waals surface area contributed by atoms with Crippen molar-refractivity contribution in [3.05, 3.63) is 0 Å². The predicted molar refractivity (Wildman–Crippen MR) is 67.5 cm³/mol. The Morgan fingerprint density at radius 1 is 0.938 bits per heavy atom. The van der Waals surface area contributed by atoms with Crippen LogP contribution in [0.3, 0.4) is 0 Å². The van der Waals surface area contributed by atoms with Crippen LogP contribution in [-0.2, 0) is 0 Å². The molecule has 2 aliphatic carbocycles. The van der Waals surface area contributed by atoms with Crippen molar-refractivity contribution in [1.82, 2.24) is 4.90 Å². The zero-order valence-electron chi connectivity index (χ0n) is 10.7. The molecule has 0 aromatic heterocycles. The minimum Gasteiger partial charge on any atom is -0.393 e. The van der Waals surface area contributed by atoms with Gasteiger partial charge >= 0.3 is 0 Å². The summed E-state index contributed by atoms with van der Waals surface area (Å²) in [6.45, 7) is 1.26. The highest BCUT2D eigenvalue weighted by Crippen LogP contribution is 2.27. The largest absolute Gasteiger partial charge is 0.393 e. The fourth-order valence-corrected chi connectivity index (χ4v) is 3.41. The van der Waals surface area contributed by atoms with Crippen LogP contribution in [-0.4, -0.2) is 35.7 Å². The van der Waals surface area contributed by atoms with Gasteiger partial charge in [-0.1, -0.05) is 19.3 Å². The molecular formula is C14H27NO. The number of nitrogens with zero attached hydrogens (tertiary/aromatic N) is 1. The van der Waals surface area contributed by atoms with Crippen LogP contribution in [0.4, 0.5) is 0 Å². The van der Waals surface area contributed by atoms with E-state index in [0.717, 1.165) is 24.8 Å². The van der Waals surface area contributed by atoms with Gasteiger partial charge in [-0.2, -0.15) is 0 Å². The molecule has 2 rings (SSSR count). The summed E-state index contributed by atoms with van der Waals surface area (Å²) in [5.74, 6) is 0.843. The minimum absolute atomic E-state index is 0.00348. The standard InChI is InChI=1S/C14H27NO/c1-15(13-5-3-2-4-6-13)11-12-7-9-14(16)10-8-12/h12-14,16H,2-11H2,1H3. The average molecular weight is 225 g/mol. The van der Waals surface area contributed by atoms with Crippen molar-refractivity contribution >= 4 is 0 Å². The van der Waals surface area contributed by atoms with Gasteiger partial charge in [-0.25, -0.2) is 0 Å². The molecule has 94 valence electrons. The Morgan fingerprint density at radius 3 is 2.19 bits per heavy atom. The molecule has 0 atom stereocenters. The first kappa shape index (κ1) is 12.4. The van der Waals surface area contributed by atoms with E-state index in [9.17, 15) is 5.11 Å². The molecule has 2 fully saturated rings. The zero-order chi connectivity index (χ0) is 11.4. The van der Waals surface area contributed by atoms with Crippen molar-refractivity contribution < 1.29 is 5.11 Å². The van der Waals surface area contributed by atoms with E-state index in [4.69, 9.17) is 0 Å². The lowest BCUT2D eigenvalue weighted by Crippen LogP contribution is -2.38. The van der Waals surface area contributed by atoms with E-state index in [-0.39, 0.29) is 6.10 Å². The Balaban J connectivity index is 1.71. The van der Waals surface area contributed by atoms with Gasteiger partial charge < -0.3 is 10.0 Å². The molecule has 0 bridgehead atoms. The number of hydrogen-bond donors (Lipinski definition) is 1. The predicted octanol–water partition coefficient (Wildman–Crippen LogP) is 2.80. The van der Waals surface area contributed by atoms with E-state index < -0.39 is 0 Å². The first-order valence-electron chi connectivity index (χ1n) is 7.14. The summed E-state index contributed by atoms with van der Waals surface area (Å²) < 4.78 is 0. The smallest absolute Gasteiger partial charge is 0.0540 e. The summed E-state index contributed by atoms with van der Waals surface area (Å²) in [6.07, 6.45) is 11.6. The van der Waals surface area contributed by atoms with Gasteiger partial charge in [0, 0.05) is 12.6 Å². The molecule has 0 spiro atoms. The van der Waals surface area contributed by atoms with Crippen LogP contribution in [0.2, 0.25) is 0 Å². The van der Waals surface area contributed by atoms with Crippen LogP contribution in [0, 0.1) is 5.92 Å². The maximum atomic E-state index is 9.50. The molecule has 0 heterocycles. The van der Waals surface area contributed by atoms with Gasteiger partial charge in [0.2, 0.25) is 0 Å². The first-order chi connectivity index (χ1) is 7.75. The Bertz CT molecular complexity index is 193. The monoisotopic (exact) mass is 225 g/mol. The zero-order valence-corrected chi connectivity index (χ0v) is 10.7. The minimum atomic E-state index is -0.00348. The normalized spacial score (nSPS) is 33.2. The molecule has 16 heavy (non-hydrogen) atoms. The van der Waals surface area contributed by atoms with Crippen molar-refractivity contribution in [2.24, 2.45) is 5.92 Å². The second kappa shape index (κ2) is 6.02. The summed E-state index contributed by atoms with van der Waals surface area (Å²) >= 11 is 0. The summed E-state index contributed by atoms with van der Waals surface area (Å²) in [7, 11) is 2.31. The maximum absolute atomic E-state index is 9.50. The van der Waals surface area contributed by atoms with Crippen molar-refractivity contribution in [1.29, 1.82) is 0 Å². The van der Waals surface area contributed by atoms with Crippen LogP contribution in [0.25, 0.3) is 0 Å². The van der Waals surface area contributed by atoms with Crippen LogP contribution in [0.15, 0.2) is 0 Å². The van der Waals surface area contributed by atoms with Gasteiger partial charge in [0.05, 0.1) is 6.10 Å². The number of aliphatic hydroxyl groups excluding tert-OH is 1. The SMILES string of the molecule is CN(CC1CCC(O)CC1)C1CCCCC1. The second-order valence-corrected chi connectivity index (χ2v) is 5.91. The Labute approximate surface area is 100 Å². The van der Waals surface area contributed by atoms with E-state index >= 15 is 0 Å². The van der Waals surface area contributed by atoms with Crippen molar-refractivity contribution in [2.45, 2.75) is 69.9 Å². The van der Waals surface area contributed by atoms with Crippen molar-refractivity contribution in [3.63, 3.8) is 0 Å². The summed E-state index contributed by atoms with van der Waals surface area (Å²) in [5.41, 5.74) is 0. The average Bonchev–Trinajstić information content (AvgIpc) is 2.33. The Kier molecular flexibility index (Phi) is 4.66. The lowest BCUT2D eigenvalue weighted by Gasteiger charge is -2.35. The van der Waals surface area contributed by atoms with E-state index in [1.165, 1.54) is 51.5 Å². The van der Waals surface area contributed by atoms with Gasteiger partial charge in [0.25, 0.3) is 0 Å². The highest BCUT2D eigenvalue weighted by Gasteiger charge is 2.24. The molecule has 0 aliphatic heterocycles. The van der Waals surface area contributed by atoms with Gasteiger partial charge in [-0.05, 0) is 51.5 Å². The number of hydrogen-bond acceptors (Lipinski definition) is 2. The van der Waals surface area contributed by atoms with Crippen LogP contribution in [0.1, 0.15) is 57.8 Å². The lowest BCUT2D eigenvalue weighted by atomic mass is 9.86. The van der Waals surface area contributed by atoms with Gasteiger partial charge in [-0.15, -0.1) is 0 Å². The summed E-state index contributed by atoms with van der Waals surface area (Å²) in [4.78, 5) is 2.60. The molecule has 0 radical (unpaired) electrons. The van der Waals surface area contributed by atoms with Gasteiger partial charge in [0.15, 0.2) is 0 Å². The third kappa shape index (κ3) is 3.46. The molecule has 0 unspecified atom stereocenters. The molecule has 2 aliphatic rings. The Morgan fingerprint density at radius 2 is 1.56 bits per heavy atom. The molecule has 1 N–H and O–H groups in total. The fraction of sp³-hybridized carbons (Fsp3) is 1.00. The van der Waals surface area contributed by atoms with E-state index in [2.05, 4.69) is 11.9 Å². The summed E-state index contributed by atoms with van der Waals surface area (Å²) in [6, 6.07) is 0.848. The van der Waals surface area contributed by atoms with Crippen molar-refractivity contribution in [2.75, 3.05) is 13.6 Å². The third-order valence-corrected chi connectivity index (χ3v) is 4.56. The van der Waals surface area contributed by atoms with E-state index in [0.29, 0.717) is 0 Å². The van der Waals surface area contributed by atoms with E-state index in [1.54, 1.807) is 0 Å². The first-order valence-corrected chi connectivity index (χ1v) is 7.14. The van der Waals surface area contributed by atoms with Crippen LogP contribution < -0.4 is 0 Å². The molecule has 0 aromatic carbocycles. The van der Waals surface area contributed by atoms with Crippen molar-refractivity contribution in [3.8, 4) is 0 Å². The third-order valence-electron chi connectivity index (χ3n) is 4.56. The maximum Gasteiger partial charge on any atom is 0.0540 e. The Hall–Kier alpha value is -0.0800. The topological polar surface area (TPSA) is 23.5 Å². The van der Waals surface area contributed by atoms with Crippen LogP contribution in [0.5, 0.6) is 0 Å². The molecule has 0 saturated heterocycles. The second-order valence-electron chi connectivity index (χ2n) is 5.91. The molecule has 2 heteroatoms. The number of aliphatic hydroxyl groups is 1.